The average molecular weight is 609 g/mol. The van der Waals surface area contributed by atoms with Crippen LogP contribution >= 0.6 is 0 Å². The molecule has 0 radical (unpaired) electrons. The first-order chi connectivity index (χ1) is 21.7. The fraction of sp³-hybridized carbons (Fsp3) is 0.257. The lowest BCUT2D eigenvalue weighted by Gasteiger charge is -2.59. The molecule has 0 spiro atoms. The number of hydrogen-bond donors (Lipinski definition) is 2. The second kappa shape index (κ2) is 11.7. The number of carboxylic acids is 1. The Kier molecular flexibility index (Phi) is 7.76. The van der Waals surface area contributed by atoms with Crippen LogP contribution in [-0.2, 0) is 26.3 Å². The van der Waals surface area contributed by atoms with Crippen LogP contribution in [0.15, 0.2) is 114 Å². The summed E-state index contributed by atoms with van der Waals surface area (Å²) in [5, 5.41) is 23.6. The Morgan fingerprint density at radius 3 is 2.11 bits per heavy atom. The quantitative estimate of drug-likeness (QED) is 0.186. The molecule has 6 rings (SSSR count). The summed E-state index contributed by atoms with van der Waals surface area (Å²) in [4.78, 5) is 57.8. The zero-order valence-electron chi connectivity index (χ0n) is 24.5. The van der Waals surface area contributed by atoms with Crippen LogP contribution in [0, 0.1) is 0 Å². The van der Waals surface area contributed by atoms with Gasteiger partial charge in [-0.05, 0) is 36.6 Å². The lowest BCUT2D eigenvalue weighted by atomic mass is 9.67. The van der Waals surface area contributed by atoms with Crippen LogP contribution in [-0.4, -0.2) is 68.0 Å². The zero-order valence-corrected chi connectivity index (χ0v) is 24.5. The van der Waals surface area contributed by atoms with Crippen molar-refractivity contribution < 1.29 is 38.5 Å². The number of aryl methyl sites for hydroxylation is 1. The number of aliphatic hydroxyl groups is 1. The fourth-order valence-corrected chi connectivity index (χ4v) is 6.63. The van der Waals surface area contributed by atoms with E-state index in [4.69, 9.17) is 9.15 Å². The third kappa shape index (κ3) is 4.78. The topological polar surface area (TPSA) is 138 Å². The van der Waals surface area contributed by atoms with E-state index in [0.717, 1.165) is 10.5 Å². The number of β-lactam (4-membered cyclic amide) rings is 1. The molecule has 5 atom stereocenters. The predicted molar refractivity (Wildman–Crippen MR) is 161 cm³/mol. The van der Waals surface area contributed by atoms with Crippen LogP contribution in [0.4, 0.5) is 4.79 Å². The minimum absolute atomic E-state index is 0.00697. The van der Waals surface area contributed by atoms with E-state index in [-0.39, 0.29) is 24.2 Å². The van der Waals surface area contributed by atoms with E-state index in [1.807, 2.05) is 30.3 Å². The molecule has 10 nitrogen and oxygen atoms in total. The number of Topliss-reactive ketones (excluding diaryl/α,β-unsaturated/α-hetero) is 1. The number of ether oxygens (including phenoxy) is 1. The maximum absolute atomic E-state index is 14.4. The highest BCUT2D eigenvalue weighted by Crippen LogP contribution is 2.48. The number of rotatable bonds is 11. The number of likely N-dealkylation sites (tertiary alicyclic amines) is 1. The summed E-state index contributed by atoms with van der Waals surface area (Å²) >= 11 is 0. The van der Waals surface area contributed by atoms with E-state index in [2.05, 4.69) is 0 Å². The highest BCUT2D eigenvalue weighted by molar-refractivity contribution is 6.09. The van der Waals surface area contributed by atoms with Gasteiger partial charge in [0.05, 0.1) is 18.3 Å². The van der Waals surface area contributed by atoms with Gasteiger partial charge in [-0.3, -0.25) is 14.5 Å². The van der Waals surface area contributed by atoms with Crippen molar-refractivity contribution in [3.8, 4) is 0 Å². The molecule has 2 N–H and O–H groups in total. The van der Waals surface area contributed by atoms with E-state index in [0.29, 0.717) is 12.2 Å². The zero-order chi connectivity index (χ0) is 31.8. The van der Waals surface area contributed by atoms with Crippen molar-refractivity contribution in [2.24, 2.45) is 0 Å². The first-order valence-corrected chi connectivity index (χ1v) is 14.7. The van der Waals surface area contributed by atoms with Gasteiger partial charge in [0.1, 0.15) is 18.4 Å². The molecule has 0 saturated carbocycles. The molecule has 1 aromatic heterocycles. The molecule has 2 saturated heterocycles. The smallest absolute Gasteiger partial charge is 0.411 e. The van der Waals surface area contributed by atoms with Crippen LogP contribution in [0.25, 0.3) is 0 Å². The first-order valence-electron chi connectivity index (χ1n) is 14.7. The summed E-state index contributed by atoms with van der Waals surface area (Å²) in [6.07, 6.45) is 1.26. The van der Waals surface area contributed by atoms with Crippen molar-refractivity contribution >= 4 is 23.8 Å². The Morgan fingerprint density at radius 1 is 0.889 bits per heavy atom. The van der Waals surface area contributed by atoms with Gasteiger partial charge in [-0.25, -0.2) is 9.59 Å². The Hall–Kier alpha value is -5.22. The normalized spacial score (nSPS) is 22.2. The van der Waals surface area contributed by atoms with E-state index in [1.54, 1.807) is 48.5 Å². The second-order valence-electron chi connectivity index (χ2n) is 11.4. The van der Waals surface area contributed by atoms with Crippen LogP contribution in [0.1, 0.15) is 46.6 Å². The van der Waals surface area contributed by atoms with Gasteiger partial charge in [-0.2, -0.15) is 0 Å². The van der Waals surface area contributed by atoms with Gasteiger partial charge in [0.15, 0.2) is 11.1 Å². The summed E-state index contributed by atoms with van der Waals surface area (Å²) in [6.45, 7) is 1.20. The maximum atomic E-state index is 14.4. The van der Waals surface area contributed by atoms with E-state index in [1.165, 1.54) is 42.4 Å². The van der Waals surface area contributed by atoms with Crippen LogP contribution in [0.3, 0.4) is 0 Å². The molecule has 3 aromatic carbocycles. The van der Waals surface area contributed by atoms with Crippen LogP contribution < -0.4 is 0 Å². The number of carbonyl (C=O) groups excluding carboxylic acids is 3. The number of aliphatic carboxylic acids is 1. The predicted octanol–water partition coefficient (Wildman–Crippen LogP) is 4.60. The van der Waals surface area contributed by atoms with Crippen molar-refractivity contribution in [1.82, 2.24) is 9.80 Å². The molecule has 45 heavy (non-hydrogen) atoms. The van der Waals surface area contributed by atoms with Gasteiger partial charge in [0.2, 0.25) is 11.7 Å². The highest BCUT2D eigenvalue weighted by Gasteiger charge is 2.70. The molecular formula is C35H32N2O8. The Balaban J connectivity index is 1.48. The molecule has 4 aromatic rings. The SMILES string of the molecule is CC(C(=O)O)(N1C(=O)C(N2C(=O)OC[C@H]2c2ccccc2)C1CCc1ccco1)[C@](O)(C(=O)c1ccccc1)c1ccccc1. The highest BCUT2D eigenvalue weighted by atomic mass is 16.6. The maximum Gasteiger partial charge on any atom is 0.411 e. The first kappa shape index (κ1) is 29.8. The Labute approximate surface area is 259 Å². The summed E-state index contributed by atoms with van der Waals surface area (Å²) in [5.41, 5.74) is -4.41. The fourth-order valence-electron chi connectivity index (χ4n) is 6.63. The third-order valence-electron chi connectivity index (χ3n) is 9.01. The summed E-state index contributed by atoms with van der Waals surface area (Å²) in [5.74, 6) is -2.61. The number of furan rings is 1. The second-order valence-corrected chi connectivity index (χ2v) is 11.4. The van der Waals surface area contributed by atoms with Crippen molar-refractivity contribution in [1.29, 1.82) is 0 Å². The van der Waals surface area contributed by atoms with E-state index >= 15 is 0 Å². The van der Waals surface area contributed by atoms with Crippen LogP contribution in [0.2, 0.25) is 0 Å². The van der Waals surface area contributed by atoms with Gasteiger partial charge >= 0.3 is 12.1 Å². The molecule has 2 amide bonds. The van der Waals surface area contributed by atoms with E-state index in [9.17, 15) is 29.4 Å². The van der Waals surface area contributed by atoms with Gasteiger partial charge in [-0.15, -0.1) is 0 Å². The summed E-state index contributed by atoms with van der Waals surface area (Å²) < 4.78 is 10.9. The van der Waals surface area contributed by atoms with Gasteiger partial charge in [-0.1, -0.05) is 91.0 Å². The van der Waals surface area contributed by atoms with Crippen LogP contribution in [0.5, 0.6) is 0 Å². The average Bonchev–Trinajstić information content (AvgIpc) is 3.73. The summed E-state index contributed by atoms with van der Waals surface area (Å²) in [6, 6.07) is 25.6. The van der Waals surface area contributed by atoms with Crippen molar-refractivity contribution in [3.05, 3.63) is 132 Å². The lowest BCUT2D eigenvalue weighted by molar-refractivity contribution is -0.200. The van der Waals surface area contributed by atoms with Crippen molar-refractivity contribution in [2.75, 3.05) is 6.61 Å². The third-order valence-corrected chi connectivity index (χ3v) is 9.01. The van der Waals surface area contributed by atoms with Gasteiger partial charge in [0, 0.05) is 12.0 Å². The number of ketones is 1. The number of benzene rings is 3. The molecule has 3 unspecified atom stereocenters. The van der Waals surface area contributed by atoms with Crippen molar-refractivity contribution in [3.63, 3.8) is 0 Å². The Bertz CT molecular complexity index is 1700. The lowest BCUT2D eigenvalue weighted by Crippen LogP contribution is -2.82. The molecule has 2 aliphatic heterocycles. The molecule has 0 bridgehead atoms. The van der Waals surface area contributed by atoms with Gasteiger partial charge in [0.25, 0.3) is 0 Å². The van der Waals surface area contributed by atoms with Gasteiger partial charge < -0.3 is 24.3 Å². The number of carbonyl (C=O) groups is 4. The minimum Gasteiger partial charge on any atom is -0.479 e. The number of carboxylic acid groups (broad SMARTS) is 1. The molecule has 10 heteroatoms. The largest absolute Gasteiger partial charge is 0.479 e. The number of amides is 2. The number of nitrogens with zero attached hydrogens (tertiary/aromatic N) is 2. The minimum atomic E-state index is -2.73. The number of cyclic esters (lactones) is 1. The standard InChI is InChI=1S/C35H32N2O8/c1-34(32(40)41,35(43,25-16-9-4-10-17-25)30(38)24-14-7-3-8-15-24)37-27(20-19-26-18-11-21-44-26)29(31(37)39)36-28(22-45-33(36)42)23-12-5-2-6-13-23/h2-18,21,27-29,43H,19-20,22H2,1H3,(H,40,41)/t27?,28-,29?,34?,35+/m0/s1. The van der Waals surface area contributed by atoms with Crippen molar-refractivity contribution in [2.45, 2.75) is 49.0 Å². The van der Waals surface area contributed by atoms with E-state index < -0.39 is 53.0 Å². The monoisotopic (exact) mass is 608 g/mol. The molecule has 2 fully saturated rings. The number of hydrogen-bond acceptors (Lipinski definition) is 7. The molecule has 3 heterocycles. The summed E-state index contributed by atoms with van der Waals surface area (Å²) in [7, 11) is 0. The molecular weight excluding hydrogens is 576 g/mol. The molecule has 0 aliphatic carbocycles. The molecule has 230 valence electrons. The Morgan fingerprint density at radius 2 is 1.51 bits per heavy atom. The molecule has 2 aliphatic rings.